The molecule has 0 unspecified atom stereocenters. The zero-order valence-electron chi connectivity index (χ0n) is 9.28. The smallest absolute Gasteiger partial charge is 0.384 e. The van der Waals surface area contributed by atoms with Gasteiger partial charge in [-0.3, -0.25) is 0 Å². The highest BCUT2D eigenvalue weighted by Crippen LogP contribution is 2.31. The van der Waals surface area contributed by atoms with Gasteiger partial charge < -0.3 is 5.73 Å². The van der Waals surface area contributed by atoms with Crippen molar-refractivity contribution in [3.63, 3.8) is 0 Å². The molecule has 0 aliphatic carbocycles. The minimum Gasteiger partial charge on any atom is -0.384 e. The number of rotatable bonds is 2. The first-order valence-corrected chi connectivity index (χ1v) is 5.81. The van der Waals surface area contributed by atoms with E-state index in [2.05, 4.69) is 9.97 Å². The molecule has 8 heteroatoms. The number of alkyl halides is 3. The van der Waals surface area contributed by atoms with Crippen LogP contribution in [0, 0.1) is 5.82 Å². The van der Waals surface area contributed by atoms with Crippen molar-refractivity contribution in [2.24, 2.45) is 0 Å². The molecule has 0 radical (unpaired) electrons. The van der Waals surface area contributed by atoms with Gasteiger partial charge >= 0.3 is 6.18 Å². The van der Waals surface area contributed by atoms with Crippen LogP contribution in [0.2, 0.25) is 0 Å². The second kappa shape index (κ2) is 5.04. The topological polar surface area (TPSA) is 51.8 Å². The third-order valence-electron chi connectivity index (χ3n) is 2.01. The standard InChI is InChI=1S/C11H7F4N3S/c12-6-1-3-7(4-2-6)19-9-5-8(16)17-10(18-9)11(13,14)15/h1-5H,(H2,16,17,18). The second-order valence-corrected chi connectivity index (χ2v) is 4.60. The molecule has 19 heavy (non-hydrogen) atoms. The van der Waals surface area contributed by atoms with Crippen molar-refractivity contribution in [3.05, 3.63) is 42.0 Å². The lowest BCUT2D eigenvalue weighted by Gasteiger charge is -2.08. The van der Waals surface area contributed by atoms with E-state index in [4.69, 9.17) is 5.73 Å². The van der Waals surface area contributed by atoms with Crippen LogP contribution in [0.15, 0.2) is 40.3 Å². The van der Waals surface area contributed by atoms with Gasteiger partial charge in [0.2, 0.25) is 5.82 Å². The van der Waals surface area contributed by atoms with Crippen LogP contribution in [-0.2, 0) is 6.18 Å². The summed E-state index contributed by atoms with van der Waals surface area (Å²) in [4.78, 5) is 7.05. The highest BCUT2D eigenvalue weighted by Gasteiger charge is 2.35. The molecule has 1 aromatic carbocycles. The van der Waals surface area contributed by atoms with E-state index in [-0.39, 0.29) is 10.8 Å². The molecule has 2 rings (SSSR count). The first-order valence-electron chi connectivity index (χ1n) is 5.00. The van der Waals surface area contributed by atoms with Gasteiger partial charge in [0.15, 0.2) is 0 Å². The minimum absolute atomic E-state index is 0.0476. The molecule has 0 amide bonds. The molecule has 100 valence electrons. The zero-order chi connectivity index (χ0) is 14.0. The van der Waals surface area contributed by atoms with Gasteiger partial charge in [0.25, 0.3) is 0 Å². The van der Waals surface area contributed by atoms with Crippen LogP contribution in [-0.4, -0.2) is 9.97 Å². The summed E-state index contributed by atoms with van der Waals surface area (Å²) in [6.07, 6.45) is -4.66. The second-order valence-electron chi connectivity index (χ2n) is 3.51. The molecular weight excluding hydrogens is 282 g/mol. The van der Waals surface area contributed by atoms with E-state index in [9.17, 15) is 17.6 Å². The largest absolute Gasteiger partial charge is 0.451 e. The summed E-state index contributed by atoms with van der Waals surface area (Å²) >= 11 is 0.943. The van der Waals surface area contributed by atoms with E-state index in [0.717, 1.165) is 11.8 Å². The monoisotopic (exact) mass is 289 g/mol. The van der Waals surface area contributed by atoms with Gasteiger partial charge in [-0.05, 0) is 24.3 Å². The van der Waals surface area contributed by atoms with Gasteiger partial charge in [-0.15, -0.1) is 0 Å². The molecule has 0 fully saturated rings. The number of aromatic nitrogens is 2. The molecule has 0 aliphatic rings. The Kier molecular flexibility index (Phi) is 3.61. The quantitative estimate of drug-likeness (QED) is 0.680. The number of anilines is 1. The van der Waals surface area contributed by atoms with Crippen molar-refractivity contribution >= 4 is 17.6 Å². The van der Waals surface area contributed by atoms with E-state index in [1.807, 2.05) is 0 Å². The molecule has 0 spiro atoms. The van der Waals surface area contributed by atoms with Gasteiger partial charge in [-0.25, -0.2) is 14.4 Å². The minimum atomic E-state index is -4.66. The maximum atomic E-state index is 12.7. The van der Waals surface area contributed by atoms with Crippen LogP contribution in [0.5, 0.6) is 0 Å². The third kappa shape index (κ3) is 3.57. The Hall–Kier alpha value is -1.83. The first kappa shape index (κ1) is 13.6. The maximum absolute atomic E-state index is 12.7. The molecule has 0 aliphatic heterocycles. The number of halogens is 4. The Morgan fingerprint density at radius 3 is 2.26 bits per heavy atom. The van der Waals surface area contributed by atoms with Gasteiger partial charge in [0.05, 0.1) is 0 Å². The molecular formula is C11H7F4N3S. The lowest BCUT2D eigenvalue weighted by atomic mass is 10.4. The molecule has 1 aromatic heterocycles. The summed E-state index contributed by atoms with van der Waals surface area (Å²) in [7, 11) is 0. The highest BCUT2D eigenvalue weighted by atomic mass is 32.2. The number of nitrogens with zero attached hydrogens (tertiary/aromatic N) is 2. The molecule has 0 saturated carbocycles. The van der Waals surface area contributed by atoms with Crippen LogP contribution in [0.3, 0.4) is 0 Å². The summed E-state index contributed by atoms with van der Waals surface area (Å²) in [5, 5.41) is 0.0476. The van der Waals surface area contributed by atoms with Crippen LogP contribution in [0.25, 0.3) is 0 Å². The van der Waals surface area contributed by atoms with Gasteiger partial charge in [-0.1, -0.05) is 11.8 Å². The first-order chi connectivity index (χ1) is 8.84. The van der Waals surface area contributed by atoms with E-state index in [0.29, 0.717) is 4.90 Å². The lowest BCUT2D eigenvalue weighted by Crippen LogP contribution is -2.12. The van der Waals surface area contributed by atoms with E-state index >= 15 is 0 Å². The number of hydrogen-bond acceptors (Lipinski definition) is 4. The van der Waals surface area contributed by atoms with Crippen molar-refractivity contribution in [3.8, 4) is 0 Å². The van der Waals surface area contributed by atoms with E-state index in [1.54, 1.807) is 0 Å². The average Bonchev–Trinajstić information content (AvgIpc) is 2.30. The zero-order valence-corrected chi connectivity index (χ0v) is 10.1. The Labute approximate surface area is 109 Å². The number of nitrogens with two attached hydrogens (primary N) is 1. The molecule has 0 saturated heterocycles. The van der Waals surface area contributed by atoms with Crippen molar-refractivity contribution < 1.29 is 17.6 Å². The van der Waals surface area contributed by atoms with Gasteiger partial charge in [0.1, 0.15) is 16.7 Å². The fraction of sp³-hybridized carbons (Fsp3) is 0.0909. The molecule has 1 heterocycles. The number of benzene rings is 1. The Bertz CT molecular complexity index is 583. The van der Waals surface area contributed by atoms with Crippen LogP contribution in [0.1, 0.15) is 5.82 Å². The van der Waals surface area contributed by atoms with Crippen LogP contribution >= 0.6 is 11.8 Å². The summed E-state index contributed by atoms with van der Waals surface area (Å²) in [6.45, 7) is 0. The molecule has 0 bridgehead atoms. The lowest BCUT2D eigenvalue weighted by molar-refractivity contribution is -0.145. The summed E-state index contributed by atoms with van der Waals surface area (Å²) in [6, 6.07) is 6.51. The molecule has 2 aromatic rings. The molecule has 0 atom stereocenters. The molecule has 3 nitrogen and oxygen atoms in total. The van der Waals surface area contributed by atoms with Crippen LogP contribution < -0.4 is 5.73 Å². The summed E-state index contributed by atoms with van der Waals surface area (Å²) in [5.74, 6) is -1.99. The molecule has 2 N–H and O–H groups in total. The number of hydrogen-bond donors (Lipinski definition) is 1. The van der Waals surface area contributed by atoms with Gasteiger partial charge in [-0.2, -0.15) is 13.2 Å². The third-order valence-corrected chi connectivity index (χ3v) is 2.94. The maximum Gasteiger partial charge on any atom is 0.451 e. The van der Waals surface area contributed by atoms with Crippen molar-refractivity contribution in [1.82, 2.24) is 9.97 Å². The fourth-order valence-corrected chi connectivity index (χ4v) is 2.07. The van der Waals surface area contributed by atoms with E-state index < -0.39 is 17.8 Å². The normalized spacial score (nSPS) is 11.6. The predicted octanol–water partition coefficient (Wildman–Crippen LogP) is 3.37. The van der Waals surface area contributed by atoms with Crippen molar-refractivity contribution in [1.29, 1.82) is 0 Å². The number of nitrogen functional groups attached to an aromatic ring is 1. The Morgan fingerprint density at radius 2 is 1.68 bits per heavy atom. The highest BCUT2D eigenvalue weighted by molar-refractivity contribution is 7.99. The summed E-state index contributed by atoms with van der Waals surface area (Å²) in [5.41, 5.74) is 5.31. The Morgan fingerprint density at radius 1 is 1.05 bits per heavy atom. The fourth-order valence-electron chi connectivity index (χ4n) is 1.25. The van der Waals surface area contributed by atoms with Crippen molar-refractivity contribution in [2.75, 3.05) is 5.73 Å². The average molecular weight is 289 g/mol. The van der Waals surface area contributed by atoms with Gasteiger partial charge in [0, 0.05) is 11.0 Å². The predicted molar refractivity (Wildman–Crippen MR) is 62.0 cm³/mol. The van der Waals surface area contributed by atoms with E-state index in [1.165, 1.54) is 30.3 Å². The van der Waals surface area contributed by atoms with Crippen LogP contribution in [0.4, 0.5) is 23.4 Å². The van der Waals surface area contributed by atoms with Crippen molar-refractivity contribution in [2.45, 2.75) is 16.1 Å². The Balaban J connectivity index is 2.30. The SMILES string of the molecule is Nc1cc(Sc2ccc(F)cc2)nc(C(F)(F)F)n1. The summed E-state index contributed by atoms with van der Waals surface area (Å²) < 4.78 is 50.2.